The Labute approximate surface area is 276 Å². The number of ether oxygens (including phenoxy) is 5. The number of rotatable bonds is 12. The summed E-state index contributed by atoms with van der Waals surface area (Å²) in [5, 5.41) is 28.3. The normalized spacial score (nSPS) is 38.3. The molecule has 3 saturated carbocycles. The summed E-state index contributed by atoms with van der Waals surface area (Å²) in [6.07, 6.45) is 1.25. The van der Waals surface area contributed by atoms with E-state index in [1.165, 1.54) is 12.2 Å². The molecular weight excluding hydrogens is 639 g/mol. The molecular formula is C32H45FN2O13. The van der Waals surface area contributed by atoms with Crippen LogP contribution in [-0.4, -0.2) is 107 Å². The minimum absolute atomic E-state index is 0.0286. The van der Waals surface area contributed by atoms with E-state index < -0.39 is 89.1 Å². The van der Waals surface area contributed by atoms with Crippen LogP contribution >= 0.6 is 0 Å². The SMILES string of the molecule is CC1(C)O[C@@H]2C[C@H]3[C@@H]4C[C@H](F)C5=CC(=O)C=C[C@]5(C)[C@H]4[C@@H](O)C[C@]3(C)[C@]2(C(=O)COC(=O)OCC(N)C(=O)OCCCCON(O)O)O1. The van der Waals surface area contributed by atoms with Gasteiger partial charge in [0.25, 0.3) is 0 Å². The number of carbonyl (C=O) groups excluding carboxylic acids is 4. The minimum atomic E-state index is -1.63. The molecule has 1 aliphatic heterocycles. The molecule has 10 atom stereocenters. The van der Waals surface area contributed by atoms with Gasteiger partial charge >= 0.3 is 12.1 Å². The number of hydrogen-bond donors (Lipinski definition) is 4. The average molecular weight is 685 g/mol. The maximum Gasteiger partial charge on any atom is 0.508 e. The number of unbranched alkanes of at least 4 members (excludes halogenated alkanes) is 1. The number of halogens is 1. The van der Waals surface area contributed by atoms with Crippen molar-refractivity contribution in [2.75, 3.05) is 26.4 Å². The maximum absolute atomic E-state index is 15.8. The highest BCUT2D eigenvalue weighted by Crippen LogP contribution is 2.70. The molecule has 0 aromatic rings. The smallest absolute Gasteiger partial charge is 0.464 e. The van der Waals surface area contributed by atoms with Gasteiger partial charge in [-0.05, 0) is 75.5 Å². The van der Waals surface area contributed by atoms with Gasteiger partial charge in [-0.15, -0.1) is 0 Å². The van der Waals surface area contributed by atoms with Gasteiger partial charge in [-0.25, -0.2) is 9.18 Å². The Hall–Kier alpha value is -2.83. The highest BCUT2D eigenvalue weighted by molar-refractivity contribution is 6.01. The van der Waals surface area contributed by atoms with Crippen LogP contribution in [0.25, 0.3) is 0 Å². The summed E-state index contributed by atoms with van der Waals surface area (Å²) in [4.78, 5) is 55.2. The van der Waals surface area contributed by atoms with Crippen LogP contribution in [0.5, 0.6) is 0 Å². The Balaban J connectivity index is 1.23. The van der Waals surface area contributed by atoms with E-state index in [2.05, 4.69) is 4.84 Å². The molecule has 1 heterocycles. The van der Waals surface area contributed by atoms with Crippen molar-refractivity contribution in [2.45, 2.75) is 95.6 Å². The van der Waals surface area contributed by atoms with E-state index in [0.29, 0.717) is 24.8 Å². The molecule has 0 aromatic heterocycles. The molecule has 0 radical (unpaired) electrons. The number of fused-ring (bicyclic) bond motifs is 7. The lowest BCUT2D eigenvalue weighted by molar-refractivity contribution is -0.492. The van der Waals surface area contributed by atoms with Crippen LogP contribution in [0.1, 0.15) is 59.8 Å². The highest BCUT2D eigenvalue weighted by atomic mass is 19.1. The van der Waals surface area contributed by atoms with E-state index in [4.69, 9.17) is 39.8 Å². The van der Waals surface area contributed by atoms with Gasteiger partial charge in [0.05, 0.1) is 30.8 Å². The predicted octanol–water partition coefficient (Wildman–Crippen LogP) is 2.10. The van der Waals surface area contributed by atoms with E-state index in [-0.39, 0.29) is 43.7 Å². The lowest BCUT2D eigenvalue weighted by atomic mass is 9.46. The Morgan fingerprint density at radius 1 is 1.10 bits per heavy atom. The zero-order chi connectivity index (χ0) is 35.2. The molecule has 268 valence electrons. The van der Waals surface area contributed by atoms with Gasteiger partial charge in [0.15, 0.2) is 23.8 Å². The second-order valence-corrected chi connectivity index (χ2v) is 14.2. The van der Waals surface area contributed by atoms with E-state index in [0.717, 1.165) is 0 Å². The minimum Gasteiger partial charge on any atom is -0.464 e. The fourth-order valence-electron chi connectivity index (χ4n) is 9.06. The van der Waals surface area contributed by atoms with E-state index in [1.807, 2.05) is 13.8 Å². The lowest BCUT2D eigenvalue weighted by Crippen LogP contribution is -2.64. The largest absolute Gasteiger partial charge is 0.508 e. The Morgan fingerprint density at radius 3 is 2.52 bits per heavy atom. The fourth-order valence-corrected chi connectivity index (χ4v) is 9.06. The molecule has 5 rings (SSSR count). The summed E-state index contributed by atoms with van der Waals surface area (Å²) in [6, 6.07) is -1.33. The van der Waals surface area contributed by atoms with E-state index in [9.17, 15) is 24.3 Å². The number of nitrogens with two attached hydrogens (primary N) is 1. The van der Waals surface area contributed by atoms with E-state index >= 15 is 4.39 Å². The molecule has 5 N–H and O–H groups in total. The molecule has 15 nitrogen and oxygen atoms in total. The Morgan fingerprint density at radius 2 is 1.81 bits per heavy atom. The first-order valence-electron chi connectivity index (χ1n) is 16.2. The zero-order valence-electron chi connectivity index (χ0n) is 27.5. The van der Waals surface area contributed by atoms with Gasteiger partial charge < -0.3 is 34.5 Å². The molecule has 0 aromatic carbocycles. The lowest BCUT2D eigenvalue weighted by Gasteiger charge is -2.60. The van der Waals surface area contributed by atoms with Crippen LogP contribution in [0.4, 0.5) is 9.18 Å². The number of ketones is 2. The third-order valence-electron chi connectivity index (χ3n) is 10.9. The third-order valence-corrected chi connectivity index (χ3v) is 10.9. The summed E-state index contributed by atoms with van der Waals surface area (Å²) >= 11 is 0. The molecule has 4 aliphatic carbocycles. The third kappa shape index (κ3) is 6.44. The first-order valence-corrected chi connectivity index (χ1v) is 16.2. The van der Waals surface area contributed by atoms with Gasteiger partial charge in [-0.3, -0.25) is 29.6 Å². The molecule has 16 heteroatoms. The van der Waals surface area contributed by atoms with Crippen molar-refractivity contribution in [2.24, 2.45) is 34.3 Å². The number of hydrogen-bond acceptors (Lipinski definition) is 15. The molecule has 0 amide bonds. The number of Topliss-reactive ketones (excluding diaryl/α,β-unsaturated/α-hetero) is 1. The molecule has 5 aliphatic rings. The summed E-state index contributed by atoms with van der Waals surface area (Å²) in [6.45, 7) is 5.60. The molecule has 4 fully saturated rings. The summed E-state index contributed by atoms with van der Waals surface area (Å²) < 4.78 is 43.6. The van der Waals surface area contributed by atoms with Crippen LogP contribution in [0.15, 0.2) is 23.8 Å². The standard InChI is InChI=1S/C32H45FN2O13/c1-29(2)47-25-13-19-18-12-21(33)20-11-17(36)7-8-30(20,3)26(18)23(37)14-31(19,4)32(25,48-29)24(38)16-45-28(40)44-15-22(34)27(39)43-9-5-6-10-46-35(41)42/h7-8,11,18-19,21-23,25-26,37,41-42H,5-6,9-10,12-16,34H2,1-4H3/t18-,19-,21-,22?,23-,25+,26+,30-,31-,32+/m0/s1. The highest BCUT2D eigenvalue weighted by Gasteiger charge is 2.77. The van der Waals surface area contributed by atoms with Crippen molar-refractivity contribution in [3.63, 3.8) is 0 Å². The monoisotopic (exact) mass is 684 g/mol. The Bertz CT molecular complexity index is 1350. The van der Waals surface area contributed by atoms with Crippen molar-refractivity contribution in [1.29, 1.82) is 0 Å². The molecule has 0 bridgehead atoms. The summed E-state index contributed by atoms with van der Waals surface area (Å²) in [5.74, 6) is -4.01. The first kappa shape index (κ1) is 36.5. The van der Waals surface area contributed by atoms with Gasteiger partial charge in [0.2, 0.25) is 5.78 Å². The van der Waals surface area contributed by atoms with Crippen molar-refractivity contribution in [1.82, 2.24) is 5.39 Å². The number of aliphatic hydroxyl groups is 1. The van der Waals surface area contributed by atoms with E-state index in [1.54, 1.807) is 19.9 Å². The number of aliphatic hydroxyl groups excluding tert-OH is 1. The number of allylic oxidation sites excluding steroid dienone is 4. The molecule has 1 saturated heterocycles. The van der Waals surface area contributed by atoms with Crippen LogP contribution in [0.3, 0.4) is 0 Å². The van der Waals surface area contributed by atoms with Gasteiger partial charge in [0, 0.05) is 16.7 Å². The van der Waals surface area contributed by atoms with Crippen LogP contribution in [0, 0.1) is 28.6 Å². The second-order valence-electron chi connectivity index (χ2n) is 14.2. The molecule has 1 unspecified atom stereocenters. The average Bonchev–Trinajstić information content (AvgIpc) is 3.42. The van der Waals surface area contributed by atoms with Crippen molar-refractivity contribution in [3.8, 4) is 0 Å². The summed E-state index contributed by atoms with van der Waals surface area (Å²) in [5.41, 5.74) is 2.56. The fraction of sp³-hybridized carbons (Fsp3) is 0.750. The van der Waals surface area contributed by atoms with Gasteiger partial charge in [-0.1, -0.05) is 19.9 Å². The van der Waals surface area contributed by atoms with Crippen LogP contribution in [-0.2, 0) is 42.9 Å². The van der Waals surface area contributed by atoms with Crippen molar-refractivity contribution in [3.05, 3.63) is 23.8 Å². The second kappa shape index (κ2) is 13.5. The van der Waals surface area contributed by atoms with Gasteiger partial charge in [-0.2, -0.15) is 0 Å². The van der Waals surface area contributed by atoms with Crippen molar-refractivity contribution < 1.29 is 67.6 Å². The van der Waals surface area contributed by atoms with Crippen LogP contribution < -0.4 is 5.73 Å². The first-order chi connectivity index (χ1) is 22.4. The maximum atomic E-state index is 15.8. The zero-order valence-corrected chi connectivity index (χ0v) is 27.5. The quantitative estimate of drug-likeness (QED) is 0.132. The number of carbonyl (C=O) groups is 4. The molecule has 48 heavy (non-hydrogen) atoms. The number of esters is 1. The Kier molecular flexibility index (Phi) is 10.2. The summed E-state index contributed by atoms with van der Waals surface area (Å²) in [7, 11) is 0. The number of alkyl halides is 1. The molecule has 0 spiro atoms. The van der Waals surface area contributed by atoms with Crippen LogP contribution in [0.2, 0.25) is 0 Å². The van der Waals surface area contributed by atoms with Gasteiger partial charge in [0.1, 0.15) is 18.8 Å². The predicted molar refractivity (Wildman–Crippen MR) is 158 cm³/mol. The number of nitrogens with zero attached hydrogens (tertiary/aromatic N) is 1. The van der Waals surface area contributed by atoms with Crippen molar-refractivity contribution >= 4 is 23.7 Å². The topological polar surface area (TPSA) is 214 Å².